The third-order valence-electron chi connectivity index (χ3n) is 2.61. The van der Waals surface area contributed by atoms with Crippen LogP contribution >= 0.6 is 0 Å². The number of nitrogens with one attached hydrogen (secondary N) is 1. The Bertz CT molecular complexity index is 506. The van der Waals surface area contributed by atoms with E-state index in [0.29, 0.717) is 13.1 Å². The summed E-state index contributed by atoms with van der Waals surface area (Å²) >= 11 is 0. The lowest BCUT2D eigenvalue weighted by Gasteiger charge is -2.27. The molecule has 1 amide bonds. The van der Waals surface area contributed by atoms with Crippen LogP contribution in [0.25, 0.3) is 0 Å². The van der Waals surface area contributed by atoms with E-state index in [1.807, 2.05) is 35.4 Å². The molecule has 0 unspecified atom stereocenters. The summed E-state index contributed by atoms with van der Waals surface area (Å²) in [4.78, 5) is 17.5. The summed E-state index contributed by atoms with van der Waals surface area (Å²) in [6.07, 6.45) is 1.82. The summed E-state index contributed by atoms with van der Waals surface area (Å²) < 4.78 is 0. The minimum atomic E-state index is -0.0968. The lowest BCUT2D eigenvalue weighted by Crippen LogP contribution is -2.46. The van der Waals surface area contributed by atoms with Crippen molar-refractivity contribution in [3.63, 3.8) is 0 Å². The van der Waals surface area contributed by atoms with Crippen LogP contribution in [0.1, 0.15) is 5.56 Å². The van der Waals surface area contributed by atoms with E-state index in [9.17, 15) is 4.79 Å². The largest absolute Gasteiger partial charge is 0.317 e. The molecule has 0 saturated carbocycles. The number of nitrogens with zero attached hydrogens (tertiary/aromatic N) is 3. The van der Waals surface area contributed by atoms with Crippen LogP contribution in [0.3, 0.4) is 0 Å². The first-order valence-corrected chi connectivity index (χ1v) is 5.06. The van der Waals surface area contributed by atoms with E-state index >= 15 is 0 Å². The summed E-state index contributed by atoms with van der Waals surface area (Å²) in [5.41, 5.74) is 4.47. The fourth-order valence-electron chi connectivity index (χ4n) is 1.87. The van der Waals surface area contributed by atoms with Crippen molar-refractivity contribution in [1.82, 2.24) is 5.43 Å². The summed E-state index contributed by atoms with van der Waals surface area (Å²) in [7, 11) is 0. The Morgan fingerprint density at radius 1 is 1.31 bits per heavy atom. The smallest absolute Gasteiger partial charge is 0.260 e. The second-order valence-corrected chi connectivity index (χ2v) is 3.68. The molecule has 2 aliphatic rings. The van der Waals surface area contributed by atoms with Gasteiger partial charge in [-0.05, 0) is 6.07 Å². The monoisotopic (exact) mass is 214 g/mol. The van der Waals surface area contributed by atoms with Gasteiger partial charge in [0.15, 0.2) is 5.84 Å². The van der Waals surface area contributed by atoms with Gasteiger partial charge in [-0.3, -0.25) is 9.79 Å². The number of carbonyl (C=O) groups excluding carboxylic acids is 1. The van der Waals surface area contributed by atoms with Crippen LogP contribution in [0.5, 0.6) is 0 Å². The fraction of sp³-hybridized carbons (Fsp3) is 0.182. The van der Waals surface area contributed by atoms with Crippen molar-refractivity contribution in [2.45, 2.75) is 0 Å². The molecule has 1 N–H and O–H groups in total. The number of rotatable bonds is 0. The normalized spacial score (nSPS) is 18.1. The SMILES string of the molecule is O=C1CN2C(=NN1)CN=Cc1ccccc12. The molecule has 2 heterocycles. The molecule has 0 aliphatic carbocycles. The molecule has 5 nitrogen and oxygen atoms in total. The first kappa shape index (κ1) is 9.08. The molecule has 0 atom stereocenters. The molecular formula is C11H10N4O. The van der Waals surface area contributed by atoms with Gasteiger partial charge < -0.3 is 4.90 Å². The molecule has 0 bridgehead atoms. The van der Waals surface area contributed by atoms with Gasteiger partial charge in [-0.1, -0.05) is 18.2 Å². The maximum absolute atomic E-state index is 11.3. The van der Waals surface area contributed by atoms with Gasteiger partial charge in [-0.15, -0.1) is 0 Å². The molecule has 2 aliphatic heterocycles. The Labute approximate surface area is 92.5 Å². The van der Waals surface area contributed by atoms with E-state index in [-0.39, 0.29) is 5.91 Å². The number of para-hydroxylation sites is 1. The van der Waals surface area contributed by atoms with Gasteiger partial charge in [0.25, 0.3) is 5.91 Å². The summed E-state index contributed by atoms with van der Waals surface area (Å²) in [5, 5.41) is 4.02. The predicted octanol–water partition coefficient (Wildman–Crippen LogP) is 0.369. The number of hydrogen-bond donors (Lipinski definition) is 1. The van der Waals surface area contributed by atoms with Crippen LogP contribution in [-0.4, -0.2) is 31.0 Å². The van der Waals surface area contributed by atoms with Crippen molar-refractivity contribution < 1.29 is 4.79 Å². The molecule has 80 valence electrons. The van der Waals surface area contributed by atoms with Gasteiger partial charge in [-0.2, -0.15) is 5.10 Å². The van der Waals surface area contributed by atoms with Crippen molar-refractivity contribution in [3.05, 3.63) is 29.8 Å². The van der Waals surface area contributed by atoms with Crippen LogP contribution < -0.4 is 10.3 Å². The molecule has 1 aromatic carbocycles. The van der Waals surface area contributed by atoms with Gasteiger partial charge in [0.1, 0.15) is 6.54 Å². The highest BCUT2D eigenvalue weighted by Crippen LogP contribution is 2.22. The van der Waals surface area contributed by atoms with Gasteiger partial charge >= 0.3 is 0 Å². The zero-order valence-corrected chi connectivity index (χ0v) is 8.55. The molecule has 1 aromatic rings. The molecular weight excluding hydrogens is 204 g/mol. The van der Waals surface area contributed by atoms with Crippen molar-refractivity contribution in [1.29, 1.82) is 0 Å². The Balaban J connectivity index is 2.13. The van der Waals surface area contributed by atoms with E-state index in [4.69, 9.17) is 0 Å². The Kier molecular flexibility index (Phi) is 1.96. The van der Waals surface area contributed by atoms with Gasteiger partial charge in [0, 0.05) is 11.8 Å². The maximum atomic E-state index is 11.3. The predicted molar refractivity (Wildman–Crippen MR) is 61.8 cm³/mol. The molecule has 5 heteroatoms. The average molecular weight is 214 g/mol. The van der Waals surface area contributed by atoms with Gasteiger partial charge in [0.05, 0.1) is 12.2 Å². The number of carbonyl (C=O) groups is 1. The molecule has 0 fully saturated rings. The Hall–Kier alpha value is -2.17. The number of hydrazone groups is 1. The minimum Gasteiger partial charge on any atom is -0.317 e. The van der Waals surface area contributed by atoms with Crippen LogP contribution in [0, 0.1) is 0 Å². The van der Waals surface area contributed by atoms with Crippen LogP contribution in [0.4, 0.5) is 5.69 Å². The highest BCUT2D eigenvalue weighted by atomic mass is 16.2. The van der Waals surface area contributed by atoms with E-state index in [0.717, 1.165) is 17.1 Å². The summed E-state index contributed by atoms with van der Waals surface area (Å²) in [6.45, 7) is 0.800. The lowest BCUT2D eigenvalue weighted by atomic mass is 10.1. The van der Waals surface area contributed by atoms with Crippen molar-refractivity contribution in [2.24, 2.45) is 10.1 Å². The lowest BCUT2D eigenvalue weighted by molar-refractivity contribution is -0.119. The summed E-state index contributed by atoms with van der Waals surface area (Å²) in [6, 6.07) is 7.86. The number of amidine groups is 1. The van der Waals surface area contributed by atoms with Gasteiger partial charge in [0.2, 0.25) is 0 Å². The van der Waals surface area contributed by atoms with E-state index in [2.05, 4.69) is 15.5 Å². The highest BCUT2D eigenvalue weighted by Gasteiger charge is 2.24. The minimum absolute atomic E-state index is 0.0968. The van der Waals surface area contributed by atoms with Crippen molar-refractivity contribution in [3.8, 4) is 0 Å². The highest BCUT2D eigenvalue weighted by molar-refractivity contribution is 6.10. The molecule has 16 heavy (non-hydrogen) atoms. The maximum Gasteiger partial charge on any atom is 0.260 e. The number of hydrogen-bond acceptors (Lipinski definition) is 4. The zero-order chi connectivity index (χ0) is 11.0. The first-order valence-electron chi connectivity index (χ1n) is 5.06. The van der Waals surface area contributed by atoms with E-state index in [1.165, 1.54) is 0 Å². The number of aliphatic imine (C=N–C) groups is 1. The van der Waals surface area contributed by atoms with Gasteiger partial charge in [-0.25, -0.2) is 5.43 Å². The molecule has 0 radical (unpaired) electrons. The zero-order valence-electron chi connectivity index (χ0n) is 8.55. The standard InChI is InChI=1S/C11H10N4O/c16-11-7-15-9-4-2-1-3-8(9)5-12-6-10(15)13-14-11/h1-5H,6-7H2,(H,14,16). The van der Waals surface area contributed by atoms with Crippen molar-refractivity contribution >= 4 is 23.6 Å². The Morgan fingerprint density at radius 3 is 3.12 bits per heavy atom. The summed E-state index contributed by atoms with van der Waals surface area (Å²) in [5.74, 6) is 0.682. The number of amides is 1. The third kappa shape index (κ3) is 1.37. The third-order valence-corrected chi connectivity index (χ3v) is 2.61. The number of anilines is 1. The second kappa shape index (κ2) is 3.44. The van der Waals surface area contributed by atoms with Crippen LogP contribution in [0.15, 0.2) is 34.4 Å². The molecule has 0 saturated heterocycles. The second-order valence-electron chi connectivity index (χ2n) is 3.68. The fourth-order valence-corrected chi connectivity index (χ4v) is 1.87. The van der Waals surface area contributed by atoms with Crippen molar-refractivity contribution in [2.75, 3.05) is 18.0 Å². The van der Waals surface area contributed by atoms with Crippen LogP contribution in [0.2, 0.25) is 0 Å². The molecule has 0 spiro atoms. The molecule has 3 rings (SSSR count). The quantitative estimate of drug-likeness (QED) is 0.678. The average Bonchev–Trinajstić information content (AvgIpc) is 2.48. The van der Waals surface area contributed by atoms with Crippen LogP contribution in [-0.2, 0) is 4.79 Å². The Morgan fingerprint density at radius 2 is 2.19 bits per heavy atom. The van der Waals surface area contributed by atoms with E-state index < -0.39 is 0 Å². The van der Waals surface area contributed by atoms with E-state index in [1.54, 1.807) is 0 Å². The number of benzene rings is 1. The molecule has 0 aromatic heterocycles. The topological polar surface area (TPSA) is 57.1 Å². The first-order chi connectivity index (χ1) is 7.84. The number of fused-ring (bicyclic) bond motifs is 3.